The Balaban J connectivity index is 1.11. The first kappa shape index (κ1) is 35.7. The molecule has 2 aromatic heterocycles. The lowest BCUT2D eigenvalue weighted by Crippen LogP contribution is -2.48. The van der Waals surface area contributed by atoms with E-state index in [0.717, 1.165) is 47.4 Å². The number of carbonyl (C=O) groups excluding carboxylic acids is 3. The monoisotopic (exact) mass is 684 g/mol. The van der Waals surface area contributed by atoms with Gasteiger partial charge in [-0.2, -0.15) is 0 Å². The number of nitrogens with zero attached hydrogens (tertiary/aromatic N) is 5. The van der Waals surface area contributed by atoms with Gasteiger partial charge in [0.15, 0.2) is 0 Å². The van der Waals surface area contributed by atoms with Crippen LogP contribution in [0.5, 0.6) is 0 Å². The van der Waals surface area contributed by atoms with Gasteiger partial charge in [-0.1, -0.05) is 11.6 Å². The molecule has 1 N–H and O–H groups in total. The van der Waals surface area contributed by atoms with Gasteiger partial charge in [0, 0.05) is 50.9 Å². The average molecular weight is 685 g/mol. The molecule has 3 aromatic rings. The predicted molar refractivity (Wildman–Crippen MR) is 180 cm³/mol. The quantitative estimate of drug-likeness (QED) is 0.141. The van der Waals surface area contributed by atoms with Gasteiger partial charge in [-0.25, -0.2) is 4.98 Å². The van der Waals surface area contributed by atoms with Crippen LogP contribution in [0.25, 0.3) is 11.0 Å². The smallest absolute Gasteiger partial charge is 0.238 e. The number of methoxy groups -OCH3 is 1. The van der Waals surface area contributed by atoms with Crippen molar-refractivity contribution in [3.8, 4) is 0 Å². The Kier molecular flexibility index (Phi) is 13.1. The number of unbranched alkanes of at least 4 members (excludes halogenated alkanes) is 1. The van der Waals surface area contributed by atoms with Crippen molar-refractivity contribution in [2.24, 2.45) is 0 Å². The Hall–Kier alpha value is -3.62. The summed E-state index contributed by atoms with van der Waals surface area (Å²) < 4.78 is 23.3. The standard InChI is InChI=1S/C34H45ClN6O7/c1-45-16-17-47-20-21-48-19-18-46-15-7-32(43)37-10-2-3-12-40-29-5-4-26(35)22-28(29)38-31(40)24-41-30-23-36-11-6-27(30)34(33(41)44)8-13-39(25-42)14-9-34/h4-6,11,22-23,25H,2-3,7-10,12-21,24H2,1H3,(H,37,43). The average Bonchev–Trinajstić information content (AvgIpc) is 3.54. The highest BCUT2D eigenvalue weighted by atomic mass is 35.5. The summed E-state index contributed by atoms with van der Waals surface area (Å²) in [5.41, 5.74) is 2.78. The Morgan fingerprint density at radius 3 is 2.48 bits per heavy atom. The van der Waals surface area contributed by atoms with Crippen molar-refractivity contribution < 1.29 is 33.3 Å². The number of piperidine rings is 1. The zero-order chi connectivity index (χ0) is 33.8. The van der Waals surface area contributed by atoms with Gasteiger partial charge in [0.05, 0.1) is 81.1 Å². The molecule has 0 unspecified atom stereocenters. The zero-order valence-electron chi connectivity index (χ0n) is 27.5. The highest BCUT2D eigenvalue weighted by molar-refractivity contribution is 6.31. The third kappa shape index (κ3) is 8.69. The Morgan fingerprint density at radius 1 is 1.02 bits per heavy atom. The number of amides is 3. The molecule has 0 atom stereocenters. The van der Waals surface area contributed by atoms with Crippen LogP contribution >= 0.6 is 11.6 Å². The third-order valence-electron chi connectivity index (χ3n) is 8.93. The maximum absolute atomic E-state index is 14.1. The summed E-state index contributed by atoms with van der Waals surface area (Å²) in [5.74, 6) is 0.718. The molecule has 1 fully saturated rings. The number of aryl methyl sites for hydroxylation is 1. The molecule has 0 saturated carbocycles. The fourth-order valence-corrected chi connectivity index (χ4v) is 6.53. The topological polar surface area (TPSA) is 137 Å². The maximum atomic E-state index is 14.1. The number of benzene rings is 1. The maximum Gasteiger partial charge on any atom is 0.238 e. The molecule has 0 radical (unpaired) electrons. The molecule has 3 amide bonds. The number of ether oxygens (including phenoxy) is 4. The van der Waals surface area contributed by atoms with Crippen LogP contribution in [-0.4, -0.2) is 111 Å². The summed E-state index contributed by atoms with van der Waals surface area (Å²) in [6.07, 6.45) is 7.33. The second kappa shape index (κ2) is 17.7. The first-order valence-electron chi connectivity index (χ1n) is 16.6. The minimum absolute atomic E-state index is 0.0234. The number of fused-ring (bicyclic) bond motifs is 3. The van der Waals surface area contributed by atoms with Crippen LogP contribution in [0, 0.1) is 0 Å². The summed E-state index contributed by atoms with van der Waals surface area (Å²) in [6.45, 7) is 5.85. The largest absolute Gasteiger partial charge is 0.382 e. The fourth-order valence-electron chi connectivity index (χ4n) is 6.36. The van der Waals surface area contributed by atoms with Crippen LogP contribution < -0.4 is 10.2 Å². The van der Waals surface area contributed by atoms with E-state index < -0.39 is 5.41 Å². The minimum Gasteiger partial charge on any atom is -0.382 e. The lowest BCUT2D eigenvalue weighted by atomic mass is 9.74. The summed E-state index contributed by atoms with van der Waals surface area (Å²) in [6, 6.07) is 7.57. The van der Waals surface area contributed by atoms with E-state index in [1.165, 1.54) is 0 Å². The van der Waals surface area contributed by atoms with Crippen molar-refractivity contribution in [3.63, 3.8) is 0 Å². The Morgan fingerprint density at radius 2 is 1.75 bits per heavy atom. The van der Waals surface area contributed by atoms with E-state index in [1.54, 1.807) is 29.3 Å². The Labute approximate surface area is 285 Å². The number of aromatic nitrogens is 3. The Bertz CT molecular complexity index is 1530. The molecule has 260 valence electrons. The third-order valence-corrected chi connectivity index (χ3v) is 9.17. The van der Waals surface area contributed by atoms with Crippen LogP contribution in [0.2, 0.25) is 5.02 Å². The molecule has 14 heteroatoms. The molecule has 5 rings (SSSR count). The molecule has 13 nitrogen and oxygen atoms in total. The first-order chi connectivity index (χ1) is 23.5. The van der Waals surface area contributed by atoms with Crippen molar-refractivity contribution in [3.05, 3.63) is 53.1 Å². The van der Waals surface area contributed by atoms with Gasteiger partial charge in [0.2, 0.25) is 18.2 Å². The second-order valence-corrected chi connectivity index (χ2v) is 12.4. The predicted octanol–water partition coefficient (Wildman–Crippen LogP) is 3.10. The van der Waals surface area contributed by atoms with Gasteiger partial charge in [0.1, 0.15) is 5.82 Å². The number of halogens is 1. The van der Waals surface area contributed by atoms with E-state index in [9.17, 15) is 14.4 Å². The van der Waals surface area contributed by atoms with Crippen LogP contribution in [0.1, 0.15) is 43.5 Å². The van der Waals surface area contributed by atoms with Crippen LogP contribution in [0.3, 0.4) is 0 Å². The van der Waals surface area contributed by atoms with Gasteiger partial charge < -0.3 is 38.6 Å². The molecule has 1 spiro atoms. The number of anilines is 1. The molecule has 1 aromatic carbocycles. The van der Waals surface area contributed by atoms with Crippen molar-refractivity contribution in [1.29, 1.82) is 0 Å². The molecule has 1 saturated heterocycles. The number of likely N-dealkylation sites (tertiary alicyclic amines) is 1. The van der Waals surface area contributed by atoms with E-state index >= 15 is 0 Å². The summed E-state index contributed by atoms with van der Waals surface area (Å²) in [7, 11) is 1.63. The van der Waals surface area contributed by atoms with Crippen molar-refractivity contribution in [2.75, 3.05) is 77.9 Å². The SMILES string of the molecule is COCCOCCOCCOCCC(=O)NCCCCn1c(CN2C(=O)C3(CCN(C=O)CC3)c3ccncc32)nc2cc(Cl)ccc21. The van der Waals surface area contributed by atoms with Gasteiger partial charge in [-0.3, -0.25) is 19.4 Å². The van der Waals surface area contributed by atoms with E-state index in [0.29, 0.717) is 90.3 Å². The first-order valence-corrected chi connectivity index (χ1v) is 16.9. The fraction of sp³-hybridized carbons (Fsp3) is 0.559. The van der Waals surface area contributed by atoms with Gasteiger partial charge in [-0.05, 0) is 55.5 Å². The molecular formula is C34H45ClN6O7. The minimum atomic E-state index is -0.672. The molecule has 2 aliphatic rings. The van der Waals surface area contributed by atoms with Crippen molar-refractivity contribution >= 4 is 46.5 Å². The van der Waals surface area contributed by atoms with Crippen molar-refractivity contribution in [1.82, 2.24) is 24.8 Å². The van der Waals surface area contributed by atoms with Gasteiger partial charge in [-0.15, -0.1) is 0 Å². The van der Waals surface area contributed by atoms with Crippen LogP contribution in [0.15, 0.2) is 36.7 Å². The molecule has 0 bridgehead atoms. The number of imidazole rings is 1. The highest BCUT2D eigenvalue weighted by Gasteiger charge is 2.52. The van der Waals surface area contributed by atoms with E-state index in [4.69, 9.17) is 35.5 Å². The molecular weight excluding hydrogens is 640 g/mol. The molecule has 4 heterocycles. The van der Waals surface area contributed by atoms with Crippen LogP contribution in [0.4, 0.5) is 5.69 Å². The number of hydrogen-bond acceptors (Lipinski definition) is 9. The second-order valence-electron chi connectivity index (χ2n) is 12.0. The van der Waals surface area contributed by atoms with Crippen LogP contribution in [-0.2, 0) is 51.8 Å². The molecule has 48 heavy (non-hydrogen) atoms. The van der Waals surface area contributed by atoms with Crippen molar-refractivity contribution in [2.45, 2.75) is 50.6 Å². The lowest BCUT2D eigenvalue weighted by Gasteiger charge is -2.36. The summed E-state index contributed by atoms with van der Waals surface area (Å²) in [5, 5.41) is 3.56. The molecule has 0 aliphatic carbocycles. The molecule has 2 aliphatic heterocycles. The van der Waals surface area contributed by atoms with Gasteiger partial charge >= 0.3 is 0 Å². The highest BCUT2D eigenvalue weighted by Crippen LogP contribution is 2.48. The summed E-state index contributed by atoms with van der Waals surface area (Å²) in [4.78, 5) is 50.6. The zero-order valence-corrected chi connectivity index (χ0v) is 28.3. The summed E-state index contributed by atoms with van der Waals surface area (Å²) >= 11 is 6.32. The number of carbonyl (C=O) groups is 3. The van der Waals surface area contributed by atoms with E-state index in [1.807, 2.05) is 24.3 Å². The number of hydrogen-bond donors (Lipinski definition) is 1. The van der Waals surface area contributed by atoms with E-state index in [2.05, 4.69) is 14.9 Å². The number of rotatable bonds is 20. The number of nitrogens with one attached hydrogen (secondary N) is 1. The normalized spacial score (nSPS) is 15.4. The number of pyridine rings is 1. The van der Waals surface area contributed by atoms with Gasteiger partial charge in [0.25, 0.3) is 0 Å². The van der Waals surface area contributed by atoms with E-state index in [-0.39, 0.29) is 24.8 Å². The lowest BCUT2D eigenvalue weighted by molar-refractivity contribution is -0.128.